The summed E-state index contributed by atoms with van der Waals surface area (Å²) >= 11 is 0. The monoisotopic (exact) mass is 222 g/mol. The van der Waals surface area contributed by atoms with Gasteiger partial charge in [0.15, 0.2) is 0 Å². The molecular weight excluding hydrogens is 208 g/mol. The van der Waals surface area contributed by atoms with Crippen LogP contribution in [0.25, 0.3) is 0 Å². The minimum absolute atomic E-state index is 0.163. The van der Waals surface area contributed by atoms with E-state index in [-0.39, 0.29) is 12.3 Å². The summed E-state index contributed by atoms with van der Waals surface area (Å²) in [6, 6.07) is 2.52. The molecule has 2 amide bonds. The number of aromatic nitrogens is 1. The molecule has 0 bridgehead atoms. The smallest absolute Gasteiger partial charge is 0.244 e. The molecule has 86 valence electrons. The van der Waals surface area contributed by atoms with E-state index in [1.54, 1.807) is 25.4 Å². The topological polar surface area (TPSA) is 102 Å². The molecule has 1 unspecified atom stereocenters. The summed E-state index contributed by atoms with van der Waals surface area (Å²) < 4.78 is 0. The van der Waals surface area contributed by atoms with Crippen molar-refractivity contribution in [3.8, 4) is 0 Å². The van der Waals surface area contributed by atoms with Gasteiger partial charge in [-0.25, -0.2) is 0 Å². The van der Waals surface area contributed by atoms with E-state index in [9.17, 15) is 9.59 Å². The fraction of sp³-hybridized carbons (Fsp3) is 0.300. The van der Waals surface area contributed by atoms with Crippen molar-refractivity contribution in [2.24, 2.45) is 11.5 Å². The molecule has 0 spiro atoms. The minimum Gasteiger partial charge on any atom is -0.370 e. The molecule has 0 aliphatic carbocycles. The Labute approximate surface area is 93.2 Å². The number of carbonyl (C=O) groups excluding carboxylic acids is 2. The molecule has 1 rings (SSSR count). The third-order valence-corrected chi connectivity index (χ3v) is 2.10. The van der Waals surface area contributed by atoms with Crippen molar-refractivity contribution in [3.63, 3.8) is 0 Å². The van der Waals surface area contributed by atoms with Crippen molar-refractivity contribution in [1.29, 1.82) is 0 Å². The highest BCUT2D eigenvalue weighted by atomic mass is 16.2. The van der Waals surface area contributed by atoms with Crippen LogP contribution in [0.3, 0.4) is 0 Å². The maximum atomic E-state index is 11.7. The molecular formula is C10H14N4O2. The summed E-state index contributed by atoms with van der Waals surface area (Å²) in [7, 11) is 1.57. The standard InChI is InChI=1S/C10H14N4O2/c1-14(7-3-2-4-13-6-7)10(16)8(11)5-9(12)15/h2-4,6,8H,5,11H2,1H3,(H2,12,15). The Hall–Kier alpha value is -1.95. The molecule has 0 saturated carbocycles. The summed E-state index contributed by atoms with van der Waals surface area (Å²) in [5, 5.41) is 0. The summed E-state index contributed by atoms with van der Waals surface area (Å²) in [6.45, 7) is 0. The van der Waals surface area contributed by atoms with Gasteiger partial charge in [0.05, 0.1) is 24.3 Å². The van der Waals surface area contributed by atoms with Gasteiger partial charge in [0.2, 0.25) is 11.8 Å². The zero-order chi connectivity index (χ0) is 12.1. The first-order valence-electron chi connectivity index (χ1n) is 4.74. The molecule has 6 heteroatoms. The van der Waals surface area contributed by atoms with Crippen molar-refractivity contribution < 1.29 is 9.59 Å². The van der Waals surface area contributed by atoms with E-state index < -0.39 is 11.9 Å². The Morgan fingerprint density at radius 3 is 2.75 bits per heavy atom. The molecule has 0 radical (unpaired) electrons. The molecule has 6 nitrogen and oxygen atoms in total. The van der Waals surface area contributed by atoms with E-state index in [1.807, 2.05) is 0 Å². The van der Waals surface area contributed by atoms with Gasteiger partial charge in [-0.3, -0.25) is 14.6 Å². The average Bonchev–Trinajstić information content (AvgIpc) is 2.27. The predicted molar refractivity (Wildman–Crippen MR) is 59.4 cm³/mol. The van der Waals surface area contributed by atoms with Gasteiger partial charge >= 0.3 is 0 Å². The van der Waals surface area contributed by atoms with Crippen LogP contribution < -0.4 is 16.4 Å². The van der Waals surface area contributed by atoms with Crippen LogP contribution >= 0.6 is 0 Å². The number of pyridine rings is 1. The molecule has 0 saturated heterocycles. The fourth-order valence-corrected chi connectivity index (χ4v) is 1.23. The second kappa shape index (κ2) is 5.22. The van der Waals surface area contributed by atoms with Gasteiger partial charge in [0.1, 0.15) is 0 Å². The lowest BCUT2D eigenvalue weighted by atomic mass is 10.2. The van der Waals surface area contributed by atoms with Gasteiger partial charge in [-0.15, -0.1) is 0 Å². The Morgan fingerprint density at radius 1 is 1.56 bits per heavy atom. The first kappa shape index (κ1) is 12.1. The Bertz CT molecular complexity index is 380. The van der Waals surface area contributed by atoms with Gasteiger partial charge < -0.3 is 16.4 Å². The van der Waals surface area contributed by atoms with Crippen molar-refractivity contribution in [1.82, 2.24) is 4.98 Å². The molecule has 1 aromatic rings. The third-order valence-electron chi connectivity index (χ3n) is 2.10. The van der Waals surface area contributed by atoms with E-state index in [0.717, 1.165) is 0 Å². The van der Waals surface area contributed by atoms with Gasteiger partial charge in [0.25, 0.3) is 0 Å². The lowest BCUT2D eigenvalue weighted by Gasteiger charge is -2.20. The minimum atomic E-state index is -0.914. The SMILES string of the molecule is CN(C(=O)C(N)CC(N)=O)c1cccnc1. The van der Waals surface area contributed by atoms with Crippen LogP contribution in [0.4, 0.5) is 5.69 Å². The second-order valence-electron chi connectivity index (χ2n) is 3.39. The van der Waals surface area contributed by atoms with Crippen LogP contribution in [0, 0.1) is 0 Å². The van der Waals surface area contributed by atoms with Crippen LogP contribution in [0.2, 0.25) is 0 Å². The van der Waals surface area contributed by atoms with Crippen LogP contribution in [0.15, 0.2) is 24.5 Å². The number of hydrogen-bond acceptors (Lipinski definition) is 4. The molecule has 0 aromatic carbocycles. The molecule has 1 atom stereocenters. The zero-order valence-corrected chi connectivity index (χ0v) is 8.96. The Morgan fingerprint density at radius 2 is 2.25 bits per heavy atom. The van der Waals surface area contributed by atoms with Crippen LogP contribution in [-0.2, 0) is 9.59 Å². The average molecular weight is 222 g/mol. The number of likely N-dealkylation sites (N-methyl/N-ethyl adjacent to an activating group) is 1. The number of rotatable bonds is 4. The molecule has 0 fully saturated rings. The van der Waals surface area contributed by atoms with Gasteiger partial charge in [-0.1, -0.05) is 0 Å². The number of anilines is 1. The Balaban J connectivity index is 2.71. The number of nitrogens with zero attached hydrogens (tertiary/aromatic N) is 2. The number of hydrogen-bond donors (Lipinski definition) is 2. The molecule has 1 heterocycles. The third kappa shape index (κ3) is 3.03. The predicted octanol–water partition coefficient (Wildman–Crippen LogP) is -0.753. The van der Waals surface area contributed by atoms with Crippen LogP contribution in [0.1, 0.15) is 6.42 Å². The highest BCUT2D eigenvalue weighted by Crippen LogP contribution is 2.10. The Kier molecular flexibility index (Phi) is 3.96. The highest BCUT2D eigenvalue weighted by molar-refractivity contribution is 5.98. The number of amides is 2. The highest BCUT2D eigenvalue weighted by Gasteiger charge is 2.20. The van der Waals surface area contributed by atoms with Crippen molar-refractivity contribution in [3.05, 3.63) is 24.5 Å². The molecule has 4 N–H and O–H groups in total. The second-order valence-corrected chi connectivity index (χ2v) is 3.39. The molecule has 0 aliphatic rings. The van der Waals surface area contributed by atoms with Crippen molar-refractivity contribution in [2.45, 2.75) is 12.5 Å². The van der Waals surface area contributed by atoms with E-state index >= 15 is 0 Å². The zero-order valence-electron chi connectivity index (χ0n) is 8.96. The summed E-state index contributed by atoms with van der Waals surface area (Å²) in [6.07, 6.45) is 2.98. The van der Waals surface area contributed by atoms with Crippen molar-refractivity contribution >= 4 is 17.5 Å². The quantitative estimate of drug-likeness (QED) is 0.699. The van der Waals surface area contributed by atoms with E-state index in [0.29, 0.717) is 5.69 Å². The molecule has 1 aromatic heterocycles. The van der Waals surface area contributed by atoms with Crippen LogP contribution in [0.5, 0.6) is 0 Å². The lowest BCUT2D eigenvalue weighted by molar-refractivity contribution is -0.124. The largest absolute Gasteiger partial charge is 0.370 e. The number of carbonyl (C=O) groups is 2. The summed E-state index contributed by atoms with van der Waals surface area (Å²) in [5.41, 5.74) is 11.1. The van der Waals surface area contributed by atoms with Gasteiger partial charge in [-0.05, 0) is 12.1 Å². The van der Waals surface area contributed by atoms with E-state index in [2.05, 4.69) is 4.98 Å². The van der Waals surface area contributed by atoms with Crippen LogP contribution in [-0.4, -0.2) is 29.9 Å². The fourth-order valence-electron chi connectivity index (χ4n) is 1.23. The molecule has 0 aliphatic heterocycles. The van der Waals surface area contributed by atoms with Gasteiger partial charge in [0, 0.05) is 13.2 Å². The molecule has 16 heavy (non-hydrogen) atoms. The first-order chi connectivity index (χ1) is 7.52. The maximum Gasteiger partial charge on any atom is 0.244 e. The van der Waals surface area contributed by atoms with E-state index in [4.69, 9.17) is 11.5 Å². The van der Waals surface area contributed by atoms with Crippen molar-refractivity contribution in [2.75, 3.05) is 11.9 Å². The first-order valence-corrected chi connectivity index (χ1v) is 4.74. The van der Waals surface area contributed by atoms with E-state index in [1.165, 1.54) is 11.1 Å². The lowest BCUT2D eigenvalue weighted by Crippen LogP contribution is -2.44. The maximum absolute atomic E-state index is 11.7. The number of nitrogens with two attached hydrogens (primary N) is 2. The summed E-state index contributed by atoms with van der Waals surface area (Å²) in [4.78, 5) is 27.6. The normalized spacial score (nSPS) is 11.9. The van der Waals surface area contributed by atoms with Gasteiger partial charge in [-0.2, -0.15) is 0 Å². The number of primary amides is 1. The summed E-state index contributed by atoms with van der Waals surface area (Å²) in [5.74, 6) is -0.966.